The van der Waals surface area contributed by atoms with E-state index in [-0.39, 0.29) is 11.3 Å². The first-order chi connectivity index (χ1) is 9.07. The SMILES string of the molecule is CC(C)CN(CC(C)C)C(=O)CN(C)CC(C)(C)CN. The van der Waals surface area contributed by atoms with E-state index in [1.54, 1.807) is 0 Å². The number of carbonyl (C=O) groups excluding carboxylic acids is 1. The van der Waals surface area contributed by atoms with Crippen molar-refractivity contribution < 1.29 is 4.79 Å². The predicted octanol–water partition coefficient (Wildman–Crippen LogP) is 2.04. The Bertz CT molecular complexity index is 277. The molecule has 0 aromatic carbocycles. The van der Waals surface area contributed by atoms with Gasteiger partial charge in [0.25, 0.3) is 0 Å². The summed E-state index contributed by atoms with van der Waals surface area (Å²) in [5.74, 6) is 1.23. The molecule has 0 saturated heterocycles. The predicted molar refractivity (Wildman–Crippen MR) is 86.6 cm³/mol. The molecule has 0 saturated carbocycles. The number of hydrogen-bond donors (Lipinski definition) is 1. The van der Waals surface area contributed by atoms with Crippen molar-refractivity contribution in [1.82, 2.24) is 9.80 Å². The molecule has 4 heteroatoms. The van der Waals surface area contributed by atoms with Gasteiger partial charge in [-0.05, 0) is 30.8 Å². The van der Waals surface area contributed by atoms with Gasteiger partial charge in [0.05, 0.1) is 6.54 Å². The van der Waals surface area contributed by atoms with Gasteiger partial charge >= 0.3 is 0 Å². The van der Waals surface area contributed by atoms with Crippen molar-refractivity contribution in [2.75, 3.05) is 39.8 Å². The van der Waals surface area contributed by atoms with Crippen molar-refractivity contribution >= 4 is 5.91 Å². The molecule has 2 N–H and O–H groups in total. The molecule has 0 fully saturated rings. The Balaban J connectivity index is 4.51. The number of hydrogen-bond acceptors (Lipinski definition) is 3. The van der Waals surface area contributed by atoms with Gasteiger partial charge in [0.1, 0.15) is 0 Å². The molecule has 0 unspecified atom stereocenters. The zero-order chi connectivity index (χ0) is 15.9. The zero-order valence-corrected chi connectivity index (χ0v) is 14.6. The van der Waals surface area contributed by atoms with Gasteiger partial charge in [-0.25, -0.2) is 0 Å². The average Bonchev–Trinajstić information content (AvgIpc) is 2.25. The fourth-order valence-electron chi connectivity index (χ4n) is 2.34. The lowest BCUT2D eigenvalue weighted by Gasteiger charge is -2.32. The fourth-order valence-corrected chi connectivity index (χ4v) is 2.34. The van der Waals surface area contributed by atoms with Gasteiger partial charge in [-0.3, -0.25) is 9.69 Å². The van der Waals surface area contributed by atoms with Crippen molar-refractivity contribution in [3.05, 3.63) is 0 Å². The lowest BCUT2D eigenvalue weighted by Crippen LogP contribution is -2.45. The highest BCUT2D eigenvalue weighted by Crippen LogP contribution is 2.14. The van der Waals surface area contributed by atoms with E-state index in [9.17, 15) is 4.79 Å². The van der Waals surface area contributed by atoms with E-state index in [4.69, 9.17) is 5.73 Å². The minimum Gasteiger partial charge on any atom is -0.341 e. The Morgan fingerprint density at radius 1 is 1.10 bits per heavy atom. The third kappa shape index (κ3) is 8.54. The van der Waals surface area contributed by atoms with E-state index in [1.807, 2.05) is 11.9 Å². The second-order valence-electron chi connectivity index (χ2n) is 7.63. The summed E-state index contributed by atoms with van der Waals surface area (Å²) in [6.45, 7) is 16.5. The van der Waals surface area contributed by atoms with Gasteiger partial charge in [0.2, 0.25) is 5.91 Å². The molecule has 0 atom stereocenters. The zero-order valence-electron chi connectivity index (χ0n) is 14.6. The molecule has 0 rings (SSSR count). The summed E-state index contributed by atoms with van der Waals surface area (Å²) in [6, 6.07) is 0. The van der Waals surface area contributed by atoms with Crippen LogP contribution in [0.2, 0.25) is 0 Å². The van der Waals surface area contributed by atoms with Crippen LogP contribution in [0.5, 0.6) is 0 Å². The van der Waals surface area contributed by atoms with E-state index in [0.717, 1.165) is 19.6 Å². The standard InChI is InChI=1S/C16H35N3O/c1-13(2)8-19(9-14(3)4)15(20)10-18(7)12-16(5,6)11-17/h13-14H,8-12,17H2,1-7H3. The molecule has 120 valence electrons. The summed E-state index contributed by atoms with van der Waals surface area (Å²) >= 11 is 0. The van der Waals surface area contributed by atoms with Crippen molar-refractivity contribution in [3.63, 3.8) is 0 Å². The van der Waals surface area contributed by atoms with E-state index in [2.05, 4.69) is 46.4 Å². The summed E-state index contributed by atoms with van der Waals surface area (Å²) in [4.78, 5) is 16.5. The normalized spacial score (nSPS) is 12.6. The second-order valence-corrected chi connectivity index (χ2v) is 7.63. The first-order valence-corrected chi connectivity index (χ1v) is 7.73. The van der Waals surface area contributed by atoms with Crippen LogP contribution in [0.15, 0.2) is 0 Å². The van der Waals surface area contributed by atoms with Crippen LogP contribution in [0.1, 0.15) is 41.5 Å². The Labute approximate surface area is 125 Å². The summed E-state index contributed by atoms with van der Waals surface area (Å²) < 4.78 is 0. The average molecular weight is 285 g/mol. The second kappa shape index (κ2) is 8.63. The maximum Gasteiger partial charge on any atom is 0.236 e. The molecule has 0 aromatic rings. The summed E-state index contributed by atoms with van der Waals surface area (Å²) in [6.07, 6.45) is 0. The van der Waals surface area contributed by atoms with Crippen LogP contribution in [-0.2, 0) is 4.79 Å². The van der Waals surface area contributed by atoms with Crippen molar-refractivity contribution in [1.29, 1.82) is 0 Å². The lowest BCUT2D eigenvalue weighted by molar-refractivity contribution is -0.133. The molecule has 0 aromatic heterocycles. The van der Waals surface area contributed by atoms with Crippen molar-refractivity contribution in [3.8, 4) is 0 Å². The van der Waals surface area contributed by atoms with Crippen LogP contribution in [0.4, 0.5) is 0 Å². The Hall–Kier alpha value is -0.610. The molecule has 0 aliphatic carbocycles. The quantitative estimate of drug-likeness (QED) is 0.705. The van der Waals surface area contributed by atoms with Crippen molar-refractivity contribution in [2.45, 2.75) is 41.5 Å². The fraction of sp³-hybridized carbons (Fsp3) is 0.938. The maximum atomic E-state index is 12.5. The lowest BCUT2D eigenvalue weighted by atomic mass is 9.93. The molecule has 4 nitrogen and oxygen atoms in total. The number of likely N-dealkylation sites (N-methyl/N-ethyl adjacent to an activating group) is 1. The third-order valence-electron chi connectivity index (χ3n) is 3.18. The number of carbonyl (C=O) groups is 1. The monoisotopic (exact) mass is 285 g/mol. The van der Waals surface area contributed by atoms with Gasteiger partial charge < -0.3 is 10.6 Å². The molecule has 0 aliphatic heterocycles. The Kier molecular flexibility index (Phi) is 8.36. The van der Waals surface area contributed by atoms with E-state index in [1.165, 1.54) is 0 Å². The van der Waals surface area contributed by atoms with Gasteiger partial charge in [0.15, 0.2) is 0 Å². The smallest absolute Gasteiger partial charge is 0.236 e. The first kappa shape index (κ1) is 19.4. The number of nitrogens with zero attached hydrogens (tertiary/aromatic N) is 2. The van der Waals surface area contributed by atoms with Crippen LogP contribution < -0.4 is 5.73 Å². The molecule has 0 spiro atoms. The molecular formula is C16H35N3O. The highest BCUT2D eigenvalue weighted by molar-refractivity contribution is 5.78. The molecule has 0 aliphatic rings. The molecule has 0 bridgehead atoms. The van der Waals surface area contributed by atoms with E-state index < -0.39 is 0 Å². The van der Waals surface area contributed by atoms with Crippen LogP contribution in [0.3, 0.4) is 0 Å². The van der Waals surface area contributed by atoms with Gasteiger partial charge in [-0.2, -0.15) is 0 Å². The molecule has 20 heavy (non-hydrogen) atoms. The number of nitrogens with two attached hydrogens (primary N) is 1. The highest BCUT2D eigenvalue weighted by atomic mass is 16.2. The van der Waals surface area contributed by atoms with Crippen LogP contribution in [0.25, 0.3) is 0 Å². The Morgan fingerprint density at radius 3 is 1.90 bits per heavy atom. The topological polar surface area (TPSA) is 49.6 Å². The molecule has 1 amide bonds. The van der Waals surface area contributed by atoms with Crippen LogP contribution >= 0.6 is 0 Å². The van der Waals surface area contributed by atoms with Crippen LogP contribution in [0, 0.1) is 17.3 Å². The van der Waals surface area contributed by atoms with Gasteiger partial charge in [-0.1, -0.05) is 41.5 Å². The summed E-state index contributed by atoms with van der Waals surface area (Å²) in [5, 5.41) is 0. The number of rotatable bonds is 9. The minimum atomic E-state index is 0.0515. The summed E-state index contributed by atoms with van der Waals surface area (Å²) in [5.41, 5.74) is 5.81. The van der Waals surface area contributed by atoms with E-state index >= 15 is 0 Å². The third-order valence-corrected chi connectivity index (χ3v) is 3.18. The highest BCUT2D eigenvalue weighted by Gasteiger charge is 2.22. The minimum absolute atomic E-state index is 0.0515. The number of amides is 1. The first-order valence-electron chi connectivity index (χ1n) is 7.73. The molecule has 0 heterocycles. The van der Waals surface area contributed by atoms with Crippen molar-refractivity contribution in [2.24, 2.45) is 23.0 Å². The van der Waals surface area contributed by atoms with E-state index in [0.29, 0.717) is 24.9 Å². The molecule has 0 radical (unpaired) electrons. The van der Waals surface area contributed by atoms with Crippen LogP contribution in [-0.4, -0.2) is 55.5 Å². The van der Waals surface area contributed by atoms with Gasteiger partial charge in [0, 0.05) is 19.6 Å². The molecular weight excluding hydrogens is 250 g/mol. The maximum absolute atomic E-state index is 12.5. The summed E-state index contributed by atoms with van der Waals surface area (Å²) in [7, 11) is 2.00. The largest absolute Gasteiger partial charge is 0.341 e. The van der Waals surface area contributed by atoms with Gasteiger partial charge in [-0.15, -0.1) is 0 Å². The Morgan fingerprint density at radius 2 is 1.55 bits per heavy atom.